The Labute approximate surface area is 184 Å². The maximum Gasteiger partial charge on any atom is 0.418 e. The van der Waals surface area contributed by atoms with E-state index < -0.39 is 41.2 Å². The monoisotopic (exact) mass is 458 g/mol. The molecule has 0 aliphatic carbocycles. The average Bonchev–Trinajstić information content (AvgIpc) is 2.66. The molecule has 1 atom stereocenters. The molecule has 0 aromatic heterocycles. The van der Waals surface area contributed by atoms with Crippen LogP contribution in [0.1, 0.15) is 33.3 Å². The zero-order valence-electron chi connectivity index (χ0n) is 18.6. The van der Waals surface area contributed by atoms with Crippen LogP contribution in [0.25, 0.3) is 0 Å². The van der Waals surface area contributed by atoms with Gasteiger partial charge < -0.3 is 20.7 Å². The van der Waals surface area contributed by atoms with Crippen molar-refractivity contribution < 1.29 is 32.3 Å². The Bertz CT molecular complexity index is 868. The Morgan fingerprint density at radius 2 is 1.94 bits per heavy atom. The summed E-state index contributed by atoms with van der Waals surface area (Å²) in [6, 6.07) is 1.72. The topological polar surface area (TPSA) is 105 Å². The van der Waals surface area contributed by atoms with E-state index in [9.17, 15) is 27.6 Å². The number of carbonyl (C=O) groups excluding carboxylic acids is 3. The quantitative estimate of drug-likeness (QED) is 0.610. The van der Waals surface area contributed by atoms with E-state index in [2.05, 4.69) is 5.32 Å². The molecule has 3 N–H and O–H groups in total. The van der Waals surface area contributed by atoms with Crippen LogP contribution in [0.2, 0.25) is 0 Å². The number of alkyl halides is 3. The SMILES string of the molecule is CCN(CC(C)(C)C)[C@@H](C(N)=O)C(=O)Nc1ccc(N2CCOCC2=O)cc1C(F)(F)F. The Balaban J connectivity index is 2.37. The number of benzene rings is 1. The molecule has 1 aromatic carbocycles. The Morgan fingerprint density at radius 3 is 2.44 bits per heavy atom. The lowest BCUT2D eigenvalue weighted by Gasteiger charge is -2.33. The maximum absolute atomic E-state index is 13.8. The molecule has 11 heteroatoms. The molecule has 32 heavy (non-hydrogen) atoms. The molecule has 1 aromatic rings. The normalized spacial score (nSPS) is 16.2. The van der Waals surface area contributed by atoms with Gasteiger partial charge in [0.15, 0.2) is 6.04 Å². The first-order chi connectivity index (χ1) is 14.7. The molecule has 2 rings (SSSR count). The minimum atomic E-state index is -4.81. The zero-order valence-corrected chi connectivity index (χ0v) is 18.6. The number of carbonyl (C=O) groups is 3. The number of likely N-dealkylation sites (N-methyl/N-ethyl adjacent to an activating group) is 1. The first-order valence-corrected chi connectivity index (χ1v) is 10.2. The van der Waals surface area contributed by atoms with Crippen LogP contribution in [-0.2, 0) is 25.3 Å². The van der Waals surface area contributed by atoms with E-state index in [1.807, 2.05) is 20.8 Å². The number of rotatable bonds is 7. The fourth-order valence-electron chi connectivity index (χ4n) is 3.51. The number of nitrogens with zero attached hydrogens (tertiary/aromatic N) is 2. The molecule has 0 unspecified atom stereocenters. The van der Waals surface area contributed by atoms with Gasteiger partial charge in [-0.1, -0.05) is 27.7 Å². The summed E-state index contributed by atoms with van der Waals surface area (Å²) in [6.07, 6.45) is -4.81. The molecule has 1 saturated heterocycles. The van der Waals surface area contributed by atoms with Crippen LogP contribution in [0.4, 0.5) is 24.5 Å². The number of nitrogens with two attached hydrogens (primary N) is 1. The van der Waals surface area contributed by atoms with Gasteiger partial charge in [0.05, 0.1) is 17.9 Å². The van der Waals surface area contributed by atoms with Gasteiger partial charge in [0.2, 0.25) is 5.91 Å². The summed E-state index contributed by atoms with van der Waals surface area (Å²) in [5, 5.41) is 2.21. The van der Waals surface area contributed by atoms with Crippen molar-refractivity contribution in [3.63, 3.8) is 0 Å². The molecule has 0 bridgehead atoms. The lowest BCUT2D eigenvalue weighted by Crippen LogP contribution is -2.54. The molecule has 0 radical (unpaired) electrons. The molecule has 0 spiro atoms. The zero-order chi connectivity index (χ0) is 24.3. The van der Waals surface area contributed by atoms with Gasteiger partial charge in [0.25, 0.3) is 11.8 Å². The van der Waals surface area contributed by atoms with E-state index in [1.54, 1.807) is 6.92 Å². The van der Waals surface area contributed by atoms with Crippen molar-refractivity contribution in [2.24, 2.45) is 11.1 Å². The Hall–Kier alpha value is -2.66. The van der Waals surface area contributed by atoms with Crippen molar-refractivity contribution in [3.05, 3.63) is 23.8 Å². The van der Waals surface area contributed by atoms with Crippen LogP contribution >= 0.6 is 0 Å². The minimum Gasteiger partial charge on any atom is -0.370 e. The van der Waals surface area contributed by atoms with Gasteiger partial charge in [0.1, 0.15) is 6.61 Å². The van der Waals surface area contributed by atoms with E-state index in [-0.39, 0.29) is 30.9 Å². The van der Waals surface area contributed by atoms with E-state index in [0.29, 0.717) is 13.1 Å². The number of amides is 3. The van der Waals surface area contributed by atoms with Crippen molar-refractivity contribution in [3.8, 4) is 0 Å². The highest BCUT2D eigenvalue weighted by Gasteiger charge is 2.38. The van der Waals surface area contributed by atoms with Crippen molar-refractivity contribution >= 4 is 29.1 Å². The van der Waals surface area contributed by atoms with Crippen LogP contribution in [0.3, 0.4) is 0 Å². The third kappa shape index (κ3) is 6.42. The van der Waals surface area contributed by atoms with Crippen molar-refractivity contribution in [2.45, 2.75) is 39.9 Å². The van der Waals surface area contributed by atoms with E-state index in [1.165, 1.54) is 15.9 Å². The van der Waals surface area contributed by atoms with Gasteiger partial charge in [-0.25, -0.2) is 0 Å². The molecule has 1 aliphatic rings. The standard InChI is InChI=1S/C21H29F3N4O4/c1-5-27(12-20(2,3)4)17(18(25)30)19(31)26-15-7-6-13(10-14(15)21(22,23)24)28-8-9-32-11-16(28)29/h6-7,10,17H,5,8-9,11-12H2,1-4H3,(H2,25,30)(H,26,31)/t17-/m0/s1. The lowest BCUT2D eigenvalue weighted by molar-refractivity contribution is -0.137. The second-order valence-corrected chi connectivity index (χ2v) is 8.74. The number of hydrogen-bond acceptors (Lipinski definition) is 5. The number of anilines is 2. The molecular weight excluding hydrogens is 429 g/mol. The lowest BCUT2D eigenvalue weighted by atomic mass is 9.95. The fourth-order valence-corrected chi connectivity index (χ4v) is 3.51. The van der Waals surface area contributed by atoms with E-state index in [4.69, 9.17) is 10.5 Å². The van der Waals surface area contributed by atoms with Crippen molar-refractivity contribution in [2.75, 3.05) is 43.1 Å². The Morgan fingerprint density at radius 1 is 1.28 bits per heavy atom. The highest BCUT2D eigenvalue weighted by molar-refractivity contribution is 6.10. The number of hydrogen-bond donors (Lipinski definition) is 2. The van der Waals surface area contributed by atoms with Gasteiger partial charge in [-0.3, -0.25) is 19.3 Å². The summed E-state index contributed by atoms with van der Waals surface area (Å²) in [4.78, 5) is 39.6. The molecule has 3 amide bonds. The second kappa shape index (κ2) is 9.86. The number of halogens is 3. The van der Waals surface area contributed by atoms with E-state index >= 15 is 0 Å². The van der Waals surface area contributed by atoms with Gasteiger partial charge >= 0.3 is 6.18 Å². The summed E-state index contributed by atoms with van der Waals surface area (Å²) in [5.74, 6) is -2.38. The smallest absolute Gasteiger partial charge is 0.370 e. The number of nitrogens with one attached hydrogen (secondary N) is 1. The van der Waals surface area contributed by atoms with Crippen LogP contribution in [0.15, 0.2) is 18.2 Å². The van der Waals surface area contributed by atoms with Crippen molar-refractivity contribution in [1.29, 1.82) is 0 Å². The summed E-state index contributed by atoms with van der Waals surface area (Å²) < 4.78 is 46.3. The van der Waals surface area contributed by atoms with Gasteiger partial charge in [-0.15, -0.1) is 0 Å². The number of morpholine rings is 1. The predicted molar refractivity (Wildman–Crippen MR) is 113 cm³/mol. The molecule has 1 fully saturated rings. The molecule has 178 valence electrons. The van der Waals surface area contributed by atoms with Crippen LogP contribution in [-0.4, -0.2) is 61.5 Å². The van der Waals surface area contributed by atoms with Crippen LogP contribution in [0.5, 0.6) is 0 Å². The van der Waals surface area contributed by atoms with Crippen LogP contribution < -0.4 is 16.0 Å². The minimum absolute atomic E-state index is 0.0398. The van der Waals surface area contributed by atoms with Gasteiger partial charge in [0, 0.05) is 18.8 Å². The third-order valence-corrected chi connectivity index (χ3v) is 4.83. The predicted octanol–water partition coefficient (Wildman–Crippen LogP) is 2.23. The summed E-state index contributed by atoms with van der Waals surface area (Å²) in [6.45, 7) is 8.15. The average molecular weight is 458 g/mol. The Kier molecular flexibility index (Phi) is 7.89. The number of primary amides is 1. The first-order valence-electron chi connectivity index (χ1n) is 10.2. The molecule has 1 heterocycles. The van der Waals surface area contributed by atoms with Crippen LogP contribution in [0, 0.1) is 5.41 Å². The van der Waals surface area contributed by atoms with Gasteiger partial charge in [-0.2, -0.15) is 13.2 Å². The second-order valence-electron chi connectivity index (χ2n) is 8.74. The summed E-state index contributed by atoms with van der Waals surface area (Å²) >= 11 is 0. The first kappa shape index (κ1) is 25.6. The largest absolute Gasteiger partial charge is 0.418 e. The highest BCUT2D eigenvalue weighted by atomic mass is 19.4. The third-order valence-electron chi connectivity index (χ3n) is 4.83. The summed E-state index contributed by atoms with van der Waals surface area (Å²) in [7, 11) is 0. The molecule has 0 saturated carbocycles. The molecular formula is C21H29F3N4O4. The maximum atomic E-state index is 13.8. The fraction of sp³-hybridized carbons (Fsp3) is 0.571. The highest BCUT2D eigenvalue weighted by Crippen LogP contribution is 2.37. The summed E-state index contributed by atoms with van der Waals surface area (Å²) in [5.41, 5.74) is 3.53. The molecule has 1 aliphatic heterocycles. The number of ether oxygens (including phenoxy) is 1. The van der Waals surface area contributed by atoms with Crippen molar-refractivity contribution in [1.82, 2.24) is 4.90 Å². The molecule has 8 nitrogen and oxygen atoms in total. The van der Waals surface area contributed by atoms with E-state index in [0.717, 1.165) is 12.1 Å². The van der Waals surface area contributed by atoms with Gasteiger partial charge in [-0.05, 0) is 30.2 Å².